The van der Waals surface area contributed by atoms with Gasteiger partial charge in [-0.15, -0.1) is 11.3 Å². The van der Waals surface area contributed by atoms with E-state index in [1.165, 1.54) is 0 Å². The number of pyridine rings is 1. The Morgan fingerprint density at radius 3 is 2.88 bits per heavy atom. The van der Waals surface area contributed by atoms with Gasteiger partial charge < -0.3 is 5.32 Å². The second kappa shape index (κ2) is 7.40. The topological polar surface area (TPSA) is 54.9 Å². The maximum absolute atomic E-state index is 12.5. The van der Waals surface area contributed by atoms with E-state index in [4.69, 9.17) is 0 Å². The summed E-state index contributed by atoms with van der Waals surface area (Å²) in [4.78, 5) is 21.3. The molecule has 122 valence electrons. The van der Waals surface area contributed by atoms with Gasteiger partial charge in [0.1, 0.15) is 5.01 Å². The Bertz CT molecular complexity index is 864. The third-order valence-corrected chi connectivity index (χ3v) is 6.09. The zero-order valence-electron chi connectivity index (χ0n) is 13.3. The summed E-state index contributed by atoms with van der Waals surface area (Å²) in [7, 11) is 0. The number of thiazole rings is 1. The summed E-state index contributed by atoms with van der Waals surface area (Å²) in [6, 6.07) is 9.47. The fourth-order valence-corrected chi connectivity index (χ4v) is 3.73. The lowest BCUT2D eigenvalue weighted by atomic mass is 10.1. The smallest absolute Gasteiger partial charge is 0.252 e. The van der Waals surface area contributed by atoms with Gasteiger partial charge in [-0.1, -0.05) is 12.1 Å². The van der Waals surface area contributed by atoms with Gasteiger partial charge in [0.2, 0.25) is 0 Å². The number of hydrogen-bond donors (Lipinski definition) is 1. The highest BCUT2D eigenvalue weighted by molar-refractivity contribution is 14.1. The summed E-state index contributed by atoms with van der Waals surface area (Å²) in [5.74, 6) is -0.0753. The van der Waals surface area contributed by atoms with Crippen molar-refractivity contribution in [3.63, 3.8) is 0 Å². The van der Waals surface area contributed by atoms with Gasteiger partial charge in [-0.05, 0) is 60.2 Å². The fraction of sp³-hybridized carbons (Fsp3) is 0.167. The zero-order chi connectivity index (χ0) is 17.1. The van der Waals surface area contributed by atoms with Crippen molar-refractivity contribution in [3.05, 3.63) is 67.8 Å². The molecule has 0 saturated carbocycles. The number of amides is 1. The molecule has 0 fully saturated rings. The van der Waals surface area contributed by atoms with E-state index in [2.05, 4.69) is 37.9 Å². The minimum atomic E-state index is -0.149. The highest BCUT2D eigenvalue weighted by Crippen LogP contribution is 2.25. The molecule has 0 bridgehead atoms. The normalized spacial score (nSPS) is 12.0. The molecule has 2 aromatic heterocycles. The van der Waals surface area contributed by atoms with E-state index in [9.17, 15) is 4.79 Å². The first-order chi connectivity index (χ1) is 11.6. The van der Waals surface area contributed by atoms with Gasteiger partial charge in [-0.25, -0.2) is 4.98 Å². The van der Waals surface area contributed by atoms with Gasteiger partial charge in [0, 0.05) is 26.9 Å². The minimum Gasteiger partial charge on any atom is -0.343 e. The quantitative estimate of drug-likeness (QED) is 0.592. The van der Waals surface area contributed by atoms with Crippen molar-refractivity contribution in [2.75, 3.05) is 0 Å². The van der Waals surface area contributed by atoms with Gasteiger partial charge in [0.25, 0.3) is 5.91 Å². The third-order valence-electron chi connectivity index (χ3n) is 3.63. The third kappa shape index (κ3) is 3.64. The number of carbonyl (C=O) groups excluding carboxylic acids is 1. The Kier molecular flexibility index (Phi) is 5.25. The van der Waals surface area contributed by atoms with E-state index < -0.39 is 0 Å². The predicted octanol–water partition coefficient (Wildman–Crippen LogP) is 4.61. The van der Waals surface area contributed by atoms with Crippen LogP contribution in [0.4, 0.5) is 0 Å². The van der Waals surface area contributed by atoms with Gasteiger partial charge in [-0.2, -0.15) is 0 Å². The van der Waals surface area contributed by atoms with Crippen molar-refractivity contribution in [3.8, 4) is 11.3 Å². The molecule has 6 heteroatoms. The van der Waals surface area contributed by atoms with E-state index in [-0.39, 0.29) is 11.9 Å². The number of nitrogens with one attached hydrogen (secondary N) is 1. The first-order valence-electron chi connectivity index (χ1n) is 7.48. The number of rotatable bonds is 4. The Hall–Kier alpha value is -1.80. The van der Waals surface area contributed by atoms with Crippen LogP contribution in [0.2, 0.25) is 0 Å². The van der Waals surface area contributed by atoms with Gasteiger partial charge in [0.05, 0.1) is 17.3 Å². The molecule has 3 aromatic rings. The number of benzene rings is 1. The second-order valence-corrected chi connectivity index (χ2v) is 7.41. The molecule has 0 saturated heterocycles. The average Bonchev–Trinajstić information content (AvgIpc) is 3.08. The number of aryl methyl sites for hydroxylation is 1. The summed E-state index contributed by atoms with van der Waals surface area (Å²) in [6.45, 7) is 3.95. The van der Waals surface area contributed by atoms with Crippen LogP contribution in [0.1, 0.15) is 33.9 Å². The number of aromatic nitrogens is 2. The van der Waals surface area contributed by atoms with Crippen molar-refractivity contribution in [1.29, 1.82) is 0 Å². The standard InChI is InChI=1S/C18H16IN3OS/c1-11-5-3-7-14(16(11)19)17(23)21-12(2)18-22-15(10-24-18)13-6-4-8-20-9-13/h3-10,12H,1-2H3,(H,21,23). The Balaban J connectivity index is 1.76. The monoisotopic (exact) mass is 449 g/mol. The molecule has 0 radical (unpaired) electrons. The molecule has 2 heterocycles. The van der Waals surface area contributed by atoms with Crippen molar-refractivity contribution in [2.24, 2.45) is 0 Å². The van der Waals surface area contributed by atoms with E-state index in [0.29, 0.717) is 5.56 Å². The van der Waals surface area contributed by atoms with Crippen LogP contribution in [-0.4, -0.2) is 15.9 Å². The molecule has 1 unspecified atom stereocenters. The number of halogens is 1. The molecule has 1 amide bonds. The van der Waals surface area contributed by atoms with Gasteiger partial charge >= 0.3 is 0 Å². The molecule has 1 N–H and O–H groups in total. The summed E-state index contributed by atoms with van der Waals surface area (Å²) >= 11 is 3.75. The lowest BCUT2D eigenvalue weighted by Gasteiger charge is -2.13. The van der Waals surface area contributed by atoms with E-state index in [1.54, 1.807) is 23.7 Å². The summed E-state index contributed by atoms with van der Waals surface area (Å²) in [5.41, 5.74) is 3.66. The molecule has 1 aromatic carbocycles. The molecule has 4 nitrogen and oxygen atoms in total. The lowest BCUT2D eigenvalue weighted by Crippen LogP contribution is -2.27. The van der Waals surface area contributed by atoms with Crippen molar-refractivity contribution < 1.29 is 4.79 Å². The number of hydrogen-bond acceptors (Lipinski definition) is 4. The van der Waals surface area contributed by atoms with Crippen LogP contribution in [0.5, 0.6) is 0 Å². The fourth-order valence-electron chi connectivity index (χ4n) is 2.29. The van der Waals surface area contributed by atoms with E-state index >= 15 is 0 Å². The molecule has 3 rings (SSSR count). The van der Waals surface area contributed by atoms with Crippen molar-refractivity contribution in [1.82, 2.24) is 15.3 Å². The second-order valence-electron chi connectivity index (χ2n) is 5.44. The summed E-state index contributed by atoms with van der Waals surface area (Å²) in [5, 5.41) is 5.90. The SMILES string of the molecule is Cc1cccc(C(=O)NC(C)c2nc(-c3cccnc3)cs2)c1I. The van der Waals surface area contributed by atoms with Crippen molar-refractivity contribution >= 4 is 39.8 Å². The van der Waals surface area contributed by atoms with Crippen LogP contribution in [0.15, 0.2) is 48.1 Å². The Morgan fingerprint density at radius 2 is 2.12 bits per heavy atom. The molecule has 1 atom stereocenters. The van der Waals surface area contributed by atoms with Crippen LogP contribution in [0.3, 0.4) is 0 Å². The van der Waals surface area contributed by atoms with Crippen LogP contribution in [-0.2, 0) is 0 Å². The Labute approximate surface area is 158 Å². The molecular weight excluding hydrogens is 433 g/mol. The highest BCUT2D eigenvalue weighted by atomic mass is 127. The number of carbonyl (C=O) groups is 1. The minimum absolute atomic E-state index is 0.0753. The van der Waals surface area contributed by atoms with E-state index in [1.807, 2.05) is 49.6 Å². The van der Waals surface area contributed by atoms with Crippen molar-refractivity contribution in [2.45, 2.75) is 19.9 Å². The highest BCUT2D eigenvalue weighted by Gasteiger charge is 2.17. The van der Waals surface area contributed by atoms with Gasteiger partial charge in [-0.3, -0.25) is 9.78 Å². The van der Waals surface area contributed by atoms with Crippen LogP contribution in [0.25, 0.3) is 11.3 Å². The summed E-state index contributed by atoms with van der Waals surface area (Å²) < 4.78 is 0.981. The maximum Gasteiger partial charge on any atom is 0.252 e. The molecule has 0 spiro atoms. The van der Waals surface area contributed by atoms with Crippen LogP contribution >= 0.6 is 33.9 Å². The first-order valence-corrected chi connectivity index (χ1v) is 9.44. The number of nitrogens with zero attached hydrogens (tertiary/aromatic N) is 2. The average molecular weight is 449 g/mol. The zero-order valence-corrected chi connectivity index (χ0v) is 16.3. The molecule has 0 aliphatic heterocycles. The van der Waals surface area contributed by atoms with Crippen LogP contribution in [0, 0.1) is 10.5 Å². The molecule has 24 heavy (non-hydrogen) atoms. The van der Waals surface area contributed by atoms with Gasteiger partial charge in [0.15, 0.2) is 0 Å². The molecule has 0 aliphatic carbocycles. The maximum atomic E-state index is 12.5. The Morgan fingerprint density at radius 1 is 1.29 bits per heavy atom. The largest absolute Gasteiger partial charge is 0.343 e. The summed E-state index contributed by atoms with van der Waals surface area (Å²) in [6.07, 6.45) is 3.53. The molecule has 0 aliphatic rings. The predicted molar refractivity (Wildman–Crippen MR) is 105 cm³/mol. The lowest BCUT2D eigenvalue weighted by molar-refractivity contribution is 0.0939. The molecular formula is C18H16IN3OS. The van der Waals surface area contributed by atoms with Crippen LogP contribution < -0.4 is 5.32 Å². The van der Waals surface area contributed by atoms with E-state index in [0.717, 1.165) is 25.4 Å². The first kappa shape index (κ1) is 17.0.